The van der Waals surface area contributed by atoms with Crippen molar-refractivity contribution in [3.63, 3.8) is 0 Å². The second kappa shape index (κ2) is 7.19. The molecule has 0 heterocycles. The Morgan fingerprint density at radius 1 is 1.11 bits per heavy atom. The zero-order chi connectivity index (χ0) is 14.4. The monoisotopic (exact) mass is 325 g/mol. The van der Waals surface area contributed by atoms with Crippen molar-refractivity contribution in [2.24, 2.45) is 5.92 Å². The van der Waals surface area contributed by atoms with Crippen LogP contribution in [0.25, 0.3) is 0 Å². The summed E-state index contributed by atoms with van der Waals surface area (Å²) in [5.41, 5.74) is 0.981. The van der Waals surface area contributed by atoms with Crippen LogP contribution in [-0.4, -0.2) is 29.3 Å². The average Bonchev–Trinajstić information content (AvgIpc) is 2.43. The van der Waals surface area contributed by atoms with Crippen LogP contribution in [0, 0.1) is 5.92 Å². The molecule has 0 aliphatic rings. The lowest BCUT2D eigenvalue weighted by atomic mass is 10.1. The molecule has 0 spiro atoms. The number of carbonyl (C=O) groups excluding carboxylic acids is 3. The number of carbonyl (C=O) groups is 3. The fraction of sp³-hybridized carbons (Fsp3) is 0.357. The molecular weight excluding hydrogens is 310 g/mol. The van der Waals surface area contributed by atoms with Crippen LogP contribution in [-0.2, 0) is 4.79 Å². The molecule has 0 atom stereocenters. The highest BCUT2D eigenvalue weighted by Gasteiger charge is 2.11. The van der Waals surface area contributed by atoms with E-state index >= 15 is 0 Å². The maximum Gasteiger partial charge on any atom is 0.251 e. The zero-order valence-corrected chi connectivity index (χ0v) is 12.5. The third-order valence-corrected chi connectivity index (χ3v) is 3.17. The molecule has 0 aliphatic carbocycles. The van der Waals surface area contributed by atoms with Gasteiger partial charge in [-0.2, -0.15) is 0 Å². The minimum atomic E-state index is -0.313. The molecular formula is C14H16BrNO3. The number of hydrogen-bond donors (Lipinski definition) is 1. The van der Waals surface area contributed by atoms with Gasteiger partial charge in [-0.3, -0.25) is 14.4 Å². The lowest BCUT2D eigenvalue weighted by Gasteiger charge is -2.07. The van der Waals surface area contributed by atoms with Gasteiger partial charge in [-0.25, -0.2) is 0 Å². The number of benzene rings is 1. The predicted octanol–water partition coefficient (Wildman–Crippen LogP) is 2.22. The number of alkyl halides is 1. The molecule has 1 aromatic carbocycles. The van der Waals surface area contributed by atoms with Gasteiger partial charge in [0.25, 0.3) is 5.91 Å². The molecule has 0 radical (unpaired) electrons. The van der Waals surface area contributed by atoms with Crippen molar-refractivity contribution in [3.05, 3.63) is 35.4 Å². The third kappa shape index (κ3) is 4.59. The van der Waals surface area contributed by atoms with Gasteiger partial charge in [0.15, 0.2) is 11.6 Å². The number of ketones is 2. The first-order valence-corrected chi connectivity index (χ1v) is 7.08. The fourth-order valence-corrected chi connectivity index (χ4v) is 1.68. The van der Waals surface area contributed by atoms with Crippen LogP contribution < -0.4 is 5.32 Å². The van der Waals surface area contributed by atoms with Crippen LogP contribution in [0.2, 0.25) is 0 Å². The van der Waals surface area contributed by atoms with E-state index in [9.17, 15) is 14.4 Å². The van der Waals surface area contributed by atoms with Gasteiger partial charge in [-0.1, -0.05) is 41.9 Å². The number of halogens is 1. The van der Waals surface area contributed by atoms with Crippen molar-refractivity contribution in [2.75, 3.05) is 11.9 Å². The van der Waals surface area contributed by atoms with Gasteiger partial charge in [0, 0.05) is 17.0 Å². The standard InChI is InChI=1S/C14H16BrNO3/c1-9(2)13(18)8-16-14(19)11-5-3-10(4-6-11)12(17)7-15/h3-6,9H,7-8H2,1-2H3,(H,16,19). The topological polar surface area (TPSA) is 63.2 Å². The maximum atomic E-state index is 11.8. The van der Waals surface area contributed by atoms with Gasteiger partial charge in [0.05, 0.1) is 11.9 Å². The Bertz CT molecular complexity index is 480. The van der Waals surface area contributed by atoms with Gasteiger partial charge in [-0.05, 0) is 12.1 Å². The highest BCUT2D eigenvalue weighted by molar-refractivity contribution is 9.09. The summed E-state index contributed by atoms with van der Waals surface area (Å²) in [6.45, 7) is 3.60. The maximum absolute atomic E-state index is 11.8. The third-order valence-electron chi connectivity index (χ3n) is 2.66. The Morgan fingerprint density at radius 3 is 2.11 bits per heavy atom. The van der Waals surface area contributed by atoms with Gasteiger partial charge in [-0.15, -0.1) is 0 Å². The van der Waals surface area contributed by atoms with E-state index in [1.54, 1.807) is 38.1 Å². The molecule has 1 rings (SSSR count). The molecule has 0 bridgehead atoms. The summed E-state index contributed by atoms with van der Waals surface area (Å²) in [5, 5.41) is 2.81. The summed E-state index contributed by atoms with van der Waals surface area (Å²) in [6.07, 6.45) is 0. The van der Waals surface area contributed by atoms with Crippen molar-refractivity contribution in [1.82, 2.24) is 5.32 Å². The summed E-state index contributed by atoms with van der Waals surface area (Å²) in [6, 6.07) is 6.35. The molecule has 1 amide bonds. The van der Waals surface area contributed by atoms with Crippen molar-refractivity contribution in [2.45, 2.75) is 13.8 Å². The van der Waals surface area contributed by atoms with Crippen molar-refractivity contribution >= 4 is 33.4 Å². The Labute approximate surface area is 120 Å². The lowest BCUT2D eigenvalue weighted by molar-refractivity contribution is -0.120. The second-order valence-electron chi connectivity index (χ2n) is 4.44. The first-order valence-electron chi connectivity index (χ1n) is 5.96. The van der Waals surface area contributed by atoms with Crippen LogP contribution >= 0.6 is 15.9 Å². The number of Topliss-reactive ketones (excluding diaryl/α,β-unsaturated/α-hetero) is 2. The van der Waals surface area contributed by atoms with Crippen LogP contribution in [0.15, 0.2) is 24.3 Å². The zero-order valence-electron chi connectivity index (χ0n) is 10.9. The van der Waals surface area contributed by atoms with Crippen LogP contribution in [0.4, 0.5) is 0 Å². The van der Waals surface area contributed by atoms with Gasteiger partial charge >= 0.3 is 0 Å². The number of amides is 1. The molecule has 0 saturated heterocycles. The van der Waals surface area contributed by atoms with E-state index in [2.05, 4.69) is 21.2 Å². The molecule has 0 fully saturated rings. The van der Waals surface area contributed by atoms with Crippen molar-refractivity contribution < 1.29 is 14.4 Å². The van der Waals surface area contributed by atoms with E-state index in [0.29, 0.717) is 11.1 Å². The van der Waals surface area contributed by atoms with Gasteiger partial charge in [0.1, 0.15) is 0 Å². The van der Waals surface area contributed by atoms with E-state index in [1.165, 1.54) is 0 Å². The molecule has 1 N–H and O–H groups in total. The minimum Gasteiger partial charge on any atom is -0.345 e. The molecule has 0 aromatic heterocycles. The van der Waals surface area contributed by atoms with Crippen molar-refractivity contribution in [1.29, 1.82) is 0 Å². The minimum absolute atomic E-state index is 0.0144. The summed E-state index contributed by atoms with van der Waals surface area (Å²) in [4.78, 5) is 34.6. The van der Waals surface area contributed by atoms with Crippen LogP contribution in [0.3, 0.4) is 0 Å². The highest BCUT2D eigenvalue weighted by Crippen LogP contribution is 2.06. The molecule has 0 saturated carbocycles. The van der Waals surface area contributed by atoms with E-state index in [1.807, 2.05) is 0 Å². The molecule has 0 unspecified atom stereocenters. The summed E-state index contributed by atoms with van der Waals surface area (Å²) in [5.74, 6) is -0.465. The summed E-state index contributed by atoms with van der Waals surface area (Å²) < 4.78 is 0. The lowest BCUT2D eigenvalue weighted by Crippen LogP contribution is -2.31. The second-order valence-corrected chi connectivity index (χ2v) is 5.00. The Kier molecular flexibility index (Phi) is 5.89. The molecule has 1 aromatic rings. The molecule has 4 nitrogen and oxygen atoms in total. The molecule has 102 valence electrons. The van der Waals surface area contributed by atoms with E-state index in [4.69, 9.17) is 0 Å². The molecule has 0 aliphatic heterocycles. The number of hydrogen-bond acceptors (Lipinski definition) is 3. The normalized spacial score (nSPS) is 10.3. The summed E-state index contributed by atoms with van der Waals surface area (Å²) >= 11 is 3.09. The quantitative estimate of drug-likeness (QED) is 0.644. The fourth-order valence-electron chi connectivity index (χ4n) is 1.36. The molecule has 5 heteroatoms. The Balaban J connectivity index is 2.63. The van der Waals surface area contributed by atoms with Gasteiger partial charge in [0.2, 0.25) is 0 Å². The number of nitrogens with one attached hydrogen (secondary N) is 1. The van der Waals surface area contributed by atoms with E-state index in [-0.39, 0.29) is 35.3 Å². The SMILES string of the molecule is CC(C)C(=O)CNC(=O)c1ccc(C(=O)CBr)cc1. The summed E-state index contributed by atoms with van der Waals surface area (Å²) in [7, 11) is 0. The largest absolute Gasteiger partial charge is 0.345 e. The number of rotatable bonds is 6. The predicted molar refractivity (Wildman–Crippen MR) is 76.7 cm³/mol. The van der Waals surface area contributed by atoms with Gasteiger partial charge < -0.3 is 5.32 Å². The van der Waals surface area contributed by atoms with E-state index < -0.39 is 0 Å². The first-order chi connectivity index (χ1) is 8.95. The van der Waals surface area contributed by atoms with Crippen molar-refractivity contribution in [3.8, 4) is 0 Å². The Morgan fingerprint density at radius 2 is 1.63 bits per heavy atom. The van der Waals surface area contributed by atoms with Crippen LogP contribution in [0.1, 0.15) is 34.6 Å². The first kappa shape index (κ1) is 15.6. The smallest absolute Gasteiger partial charge is 0.251 e. The van der Waals surface area contributed by atoms with E-state index in [0.717, 1.165) is 0 Å². The Hall–Kier alpha value is -1.49. The van der Waals surface area contributed by atoms with Crippen LogP contribution in [0.5, 0.6) is 0 Å². The average molecular weight is 326 g/mol. The molecule has 19 heavy (non-hydrogen) atoms. The highest BCUT2D eigenvalue weighted by atomic mass is 79.9.